The third kappa shape index (κ3) is 6.49. The Morgan fingerprint density at radius 2 is 2.12 bits per heavy atom. The Bertz CT molecular complexity index is 611. The van der Waals surface area contributed by atoms with Gasteiger partial charge in [0.15, 0.2) is 5.96 Å². The fourth-order valence-corrected chi connectivity index (χ4v) is 4.30. The second kappa shape index (κ2) is 9.93. The Morgan fingerprint density at radius 1 is 1.46 bits per heavy atom. The number of hydrogen-bond acceptors (Lipinski definition) is 4. The van der Waals surface area contributed by atoms with E-state index in [0.29, 0.717) is 19.0 Å². The first-order valence-electron chi connectivity index (χ1n) is 7.86. The number of guanidine groups is 1. The highest BCUT2D eigenvalue weighted by molar-refractivity contribution is 14.0. The lowest BCUT2D eigenvalue weighted by Gasteiger charge is -2.30. The van der Waals surface area contributed by atoms with Gasteiger partial charge in [-0.1, -0.05) is 6.07 Å². The van der Waals surface area contributed by atoms with Gasteiger partial charge in [-0.15, -0.1) is 35.3 Å². The summed E-state index contributed by atoms with van der Waals surface area (Å²) in [7, 11) is -1.28. The van der Waals surface area contributed by atoms with Crippen LogP contribution >= 0.6 is 35.3 Å². The van der Waals surface area contributed by atoms with Crippen LogP contribution in [0.2, 0.25) is 0 Å². The van der Waals surface area contributed by atoms with Gasteiger partial charge in [0.25, 0.3) is 0 Å². The molecule has 0 saturated carbocycles. The summed E-state index contributed by atoms with van der Waals surface area (Å²) in [6.07, 6.45) is 3.05. The van der Waals surface area contributed by atoms with E-state index in [-0.39, 0.29) is 30.0 Å². The summed E-state index contributed by atoms with van der Waals surface area (Å²) in [5.74, 6) is 1.26. The summed E-state index contributed by atoms with van der Waals surface area (Å²) in [4.78, 5) is 5.54. The van der Waals surface area contributed by atoms with E-state index in [1.165, 1.54) is 11.1 Å². The van der Waals surface area contributed by atoms with Crippen LogP contribution in [0.1, 0.15) is 30.7 Å². The predicted octanol–water partition coefficient (Wildman–Crippen LogP) is 2.26. The summed E-state index contributed by atoms with van der Waals surface area (Å²) >= 11 is 1.72. The molecule has 1 aromatic heterocycles. The zero-order chi connectivity index (χ0) is 16.9. The Balaban J connectivity index is 0.00000288. The number of thiophene rings is 1. The van der Waals surface area contributed by atoms with Crippen LogP contribution < -0.4 is 10.6 Å². The van der Waals surface area contributed by atoms with E-state index in [1.807, 2.05) is 6.07 Å². The highest BCUT2D eigenvalue weighted by atomic mass is 127. The molecule has 0 radical (unpaired) electrons. The second-order valence-corrected chi connectivity index (χ2v) is 8.90. The van der Waals surface area contributed by atoms with Crippen LogP contribution in [0.25, 0.3) is 0 Å². The Morgan fingerprint density at radius 3 is 2.62 bits per heavy atom. The quantitative estimate of drug-likeness (QED) is 0.381. The van der Waals surface area contributed by atoms with E-state index in [4.69, 9.17) is 0 Å². The van der Waals surface area contributed by atoms with Crippen molar-refractivity contribution in [2.24, 2.45) is 10.9 Å². The lowest BCUT2D eigenvalue weighted by atomic mass is 9.98. The van der Waals surface area contributed by atoms with Gasteiger partial charge in [0.05, 0.1) is 12.3 Å². The predicted molar refractivity (Wildman–Crippen MR) is 112 cm³/mol. The number of aliphatic imine (C=N–C) groups is 1. The van der Waals surface area contributed by atoms with Gasteiger partial charge in [-0.05, 0) is 37.1 Å². The summed E-state index contributed by atoms with van der Waals surface area (Å²) in [6.45, 7) is 4.16. The molecule has 138 valence electrons. The van der Waals surface area contributed by atoms with Gasteiger partial charge in [-0.25, -0.2) is 12.7 Å². The topological polar surface area (TPSA) is 73.8 Å². The number of sulfonamides is 1. The second-order valence-electron chi connectivity index (χ2n) is 5.94. The van der Waals surface area contributed by atoms with E-state index in [1.54, 1.807) is 22.7 Å². The standard InChI is InChI=1S/C15H26N4O2S2.HI/c1-12(14-5-4-10-22-14)18-15(16-2)17-11-13-6-8-19(9-7-13)23(3,20)21;/h4-5,10,12-13H,6-9,11H2,1-3H3,(H2,16,17,18);1H. The molecule has 1 unspecified atom stereocenters. The fourth-order valence-electron chi connectivity index (χ4n) is 2.69. The molecular formula is C15H27IN4O2S2. The molecule has 2 heterocycles. The summed E-state index contributed by atoms with van der Waals surface area (Å²) in [6, 6.07) is 4.37. The number of halogens is 1. The van der Waals surface area contributed by atoms with Gasteiger partial charge in [-0.2, -0.15) is 0 Å². The number of piperidine rings is 1. The molecule has 0 spiro atoms. The van der Waals surface area contributed by atoms with Gasteiger partial charge >= 0.3 is 0 Å². The first kappa shape index (κ1) is 21.7. The maximum absolute atomic E-state index is 11.5. The van der Waals surface area contributed by atoms with Gasteiger partial charge < -0.3 is 10.6 Å². The summed E-state index contributed by atoms with van der Waals surface area (Å²) in [5.41, 5.74) is 0. The third-order valence-electron chi connectivity index (χ3n) is 4.15. The van der Waals surface area contributed by atoms with Crippen molar-refractivity contribution in [2.75, 3.05) is 32.9 Å². The lowest BCUT2D eigenvalue weighted by molar-refractivity contribution is 0.274. The fraction of sp³-hybridized carbons (Fsp3) is 0.667. The molecule has 0 bridgehead atoms. The van der Waals surface area contributed by atoms with Crippen molar-refractivity contribution in [2.45, 2.75) is 25.8 Å². The molecular weight excluding hydrogens is 459 g/mol. The van der Waals surface area contributed by atoms with Crippen molar-refractivity contribution < 1.29 is 8.42 Å². The van der Waals surface area contributed by atoms with Crippen molar-refractivity contribution >= 4 is 51.3 Å². The van der Waals surface area contributed by atoms with E-state index in [2.05, 4.69) is 34.0 Å². The van der Waals surface area contributed by atoms with Gasteiger partial charge in [0.1, 0.15) is 0 Å². The number of hydrogen-bond donors (Lipinski definition) is 2. The van der Waals surface area contributed by atoms with Crippen molar-refractivity contribution in [3.63, 3.8) is 0 Å². The maximum atomic E-state index is 11.5. The molecule has 1 aromatic rings. The number of nitrogens with zero attached hydrogens (tertiary/aromatic N) is 2. The average molecular weight is 486 g/mol. The molecule has 2 N–H and O–H groups in total. The highest BCUT2D eigenvalue weighted by Crippen LogP contribution is 2.19. The molecule has 1 aliphatic rings. The van der Waals surface area contributed by atoms with Crippen molar-refractivity contribution in [1.29, 1.82) is 0 Å². The zero-order valence-electron chi connectivity index (χ0n) is 14.4. The lowest BCUT2D eigenvalue weighted by Crippen LogP contribution is -2.44. The largest absolute Gasteiger partial charge is 0.356 e. The van der Waals surface area contributed by atoms with Crippen LogP contribution in [0, 0.1) is 5.92 Å². The minimum Gasteiger partial charge on any atom is -0.356 e. The van der Waals surface area contributed by atoms with Crippen LogP contribution in [0.5, 0.6) is 0 Å². The molecule has 1 atom stereocenters. The Kier molecular flexibility index (Phi) is 8.96. The Hall–Kier alpha value is -0.390. The number of rotatable bonds is 5. The molecule has 2 rings (SSSR count). The third-order valence-corrected chi connectivity index (χ3v) is 6.51. The molecule has 0 aliphatic carbocycles. The minimum atomic E-state index is -3.05. The Labute approximate surface area is 166 Å². The minimum absolute atomic E-state index is 0. The molecule has 1 aliphatic heterocycles. The monoisotopic (exact) mass is 486 g/mol. The molecule has 6 nitrogen and oxygen atoms in total. The van der Waals surface area contributed by atoms with E-state index < -0.39 is 10.0 Å². The number of nitrogens with one attached hydrogen (secondary N) is 2. The van der Waals surface area contributed by atoms with Crippen LogP contribution in [0.3, 0.4) is 0 Å². The van der Waals surface area contributed by atoms with E-state index in [9.17, 15) is 8.42 Å². The summed E-state index contributed by atoms with van der Waals surface area (Å²) in [5, 5.41) is 8.81. The average Bonchev–Trinajstić information content (AvgIpc) is 3.05. The molecule has 24 heavy (non-hydrogen) atoms. The van der Waals surface area contributed by atoms with E-state index >= 15 is 0 Å². The smallest absolute Gasteiger partial charge is 0.211 e. The highest BCUT2D eigenvalue weighted by Gasteiger charge is 2.24. The van der Waals surface area contributed by atoms with Crippen LogP contribution in [-0.2, 0) is 10.0 Å². The van der Waals surface area contributed by atoms with Gasteiger partial charge in [0, 0.05) is 31.6 Å². The molecule has 1 saturated heterocycles. The first-order chi connectivity index (χ1) is 10.9. The van der Waals surface area contributed by atoms with Crippen LogP contribution in [0.4, 0.5) is 0 Å². The van der Waals surface area contributed by atoms with Crippen molar-refractivity contribution in [3.05, 3.63) is 22.4 Å². The van der Waals surface area contributed by atoms with Crippen molar-refractivity contribution in [3.8, 4) is 0 Å². The maximum Gasteiger partial charge on any atom is 0.211 e. The van der Waals surface area contributed by atoms with E-state index in [0.717, 1.165) is 25.3 Å². The van der Waals surface area contributed by atoms with Crippen LogP contribution in [-0.4, -0.2) is 51.6 Å². The first-order valence-corrected chi connectivity index (χ1v) is 10.6. The molecule has 0 amide bonds. The van der Waals surface area contributed by atoms with Gasteiger partial charge in [-0.3, -0.25) is 4.99 Å². The molecule has 0 aromatic carbocycles. The summed E-state index contributed by atoms with van der Waals surface area (Å²) < 4.78 is 24.6. The van der Waals surface area contributed by atoms with Crippen molar-refractivity contribution in [1.82, 2.24) is 14.9 Å². The SMILES string of the molecule is CN=C(NCC1CCN(S(C)(=O)=O)CC1)NC(C)c1cccs1.I. The normalized spacial score (nSPS) is 18.7. The van der Waals surface area contributed by atoms with Gasteiger partial charge in [0.2, 0.25) is 10.0 Å². The zero-order valence-corrected chi connectivity index (χ0v) is 18.3. The molecule has 1 fully saturated rings. The van der Waals surface area contributed by atoms with Crippen LogP contribution in [0.15, 0.2) is 22.5 Å². The molecule has 9 heteroatoms.